The normalized spacial score (nSPS) is 12.7. The summed E-state index contributed by atoms with van der Waals surface area (Å²) in [5.41, 5.74) is 1.35. The standard InChI is InChI=1S/C13H14BrFN2O/c1-2-7-17-12(5-6-16-17)13(18)10-4-3-9(15)8-11(10)14/h3-6,8,13,18H,2,7H2,1H3. The molecule has 18 heavy (non-hydrogen) atoms. The molecule has 1 aromatic heterocycles. The number of nitrogens with zero attached hydrogens (tertiary/aromatic N) is 2. The second-order valence-corrected chi connectivity index (χ2v) is 4.90. The van der Waals surface area contributed by atoms with Gasteiger partial charge in [-0.2, -0.15) is 5.10 Å². The fourth-order valence-electron chi connectivity index (χ4n) is 1.86. The number of aliphatic hydroxyl groups excluding tert-OH is 1. The van der Waals surface area contributed by atoms with Crippen molar-refractivity contribution in [1.82, 2.24) is 9.78 Å². The van der Waals surface area contributed by atoms with Crippen LogP contribution >= 0.6 is 15.9 Å². The minimum absolute atomic E-state index is 0.333. The number of hydrogen-bond acceptors (Lipinski definition) is 2. The maximum absolute atomic E-state index is 13.0. The van der Waals surface area contributed by atoms with Crippen LogP contribution in [0.2, 0.25) is 0 Å². The second-order valence-electron chi connectivity index (χ2n) is 4.05. The summed E-state index contributed by atoms with van der Waals surface area (Å²) in [4.78, 5) is 0. The number of aromatic nitrogens is 2. The highest BCUT2D eigenvalue weighted by Gasteiger charge is 2.17. The zero-order chi connectivity index (χ0) is 13.1. The Morgan fingerprint density at radius 3 is 2.89 bits per heavy atom. The van der Waals surface area contributed by atoms with E-state index in [1.54, 1.807) is 23.0 Å². The molecular formula is C13H14BrFN2O. The number of rotatable bonds is 4. The van der Waals surface area contributed by atoms with E-state index in [1.807, 2.05) is 6.92 Å². The summed E-state index contributed by atoms with van der Waals surface area (Å²) in [7, 11) is 0. The Morgan fingerprint density at radius 2 is 2.22 bits per heavy atom. The molecule has 0 aliphatic heterocycles. The van der Waals surface area contributed by atoms with E-state index in [4.69, 9.17) is 0 Å². The van der Waals surface area contributed by atoms with E-state index in [0.29, 0.717) is 15.7 Å². The van der Waals surface area contributed by atoms with Crippen LogP contribution in [0.4, 0.5) is 4.39 Å². The molecule has 1 atom stereocenters. The van der Waals surface area contributed by atoms with Crippen molar-refractivity contribution in [2.75, 3.05) is 0 Å². The lowest BCUT2D eigenvalue weighted by Crippen LogP contribution is -2.10. The monoisotopic (exact) mass is 312 g/mol. The minimum Gasteiger partial charge on any atom is -0.382 e. The fourth-order valence-corrected chi connectivity index (χ4v) is 2.42. The van der Waals surface area contributed by atoms with Gasteiger partial charge in [0.05, 0.1) is 5.69 Å². The van der Waals surface area contributed by atoms with Gasteiger partial charge >= 0.3 is 0 Å². The Kier molecular flexibility index (Phi) is 4.14. The maximum Gasteiger partial charge on any atom is 0.124 e. The van der Waals surface area contributed by atoms with E-state index in [1.165, 1.54) is 12.1 Å². The zero-order valence-corrected chi connectivity index (χ0v) is 11.6. The molecule has 0 fully saturated rings. The van der Waals surface area contributed by atoms with E-state index in [9.17, 15) is 9.50 Å². The van der Waals surface area contributed by atoms with E-state index in [2.05, 4.69) is 21.0 Å². The summed E-state index contributed by atoms with van der Waals surface area (Å²) in [6.45, 7) is 2.80. The third kappa shape index (κ3) is 2.62. The maximum atomic E-state index is 13.0. The van der Waals surface area contributed by atoms with E-state index in [0.717, 1.165) is 13.0 Å². The topological polar surface area (TPSA) is 38.0 Å². The predicted octanol–water partition coefficient (Wildman–Crippen LogP) is 3.28. The highest BCUT2D eigenvalue weighted by atomic mass is 79.9. The zero-order valence-electron chi connectivity index (χ0n) is 9.98. The molecule has 0 saturated heterocycles. The van der Waals surface area contributed by atoms with Gasteiger partial charge in [-0.3, -0.25) is 4.68 Å². The molecule has 0 saturated carbocycles. The summed E-state index contributed by atoms with van der Waals surface area (Å²) in [5, 5.41) is 14.5. The molecule has 1 N–H and O–H groups in total. The van der Waals surface area contributed by atoms with Gasteiger partial charge in [0.15, 0.2) is 0 Å². The highest BCUT2D eigenvalue weighted by molar-refractivity contribution is 9.10. The van der Waals surface area contributed by atoms with Crippen LogP contribution in [0.3, 0.4) is 0 Å². The van der Waals surface area contributed by atoms with Gasteiger partial charge in [-0.1, -0.05) is 28.9 Å². The van der Waals surface area contributed by atoms with Gasteiger partial charge in [-0.05, 0) is 24.6 Å². The molecule has 2 aromatic rings. The molecule has 1 unspecified atom stereocenters. The van der Waals surface area contributed by atoms with Gasteiger partial charge in [0, 0.05) is 22.8 Å². The van der Waals surface area contributed by atoms with Crippen molar-refractivity contribution in [2.24, 2.45) is 0 Å². The molecule has 3 nitrogen and oxygen atoms in total. The molecular weight excluding hydrogens is 299 g/mol. The Hall–Kier alpha value is -1.20. The summed E-state index contributed by atoms with van der Waals surface area (Å²) in [5.74, 6) is -0.333. The molecule has 5 heteroatoms. The third-order valence-electron chi connectivity index (χ3n) is 2.72. The first-order valence-electron chi connectivity index (χ1n) is 5.78. The Labute approximate surface area is 113 Å². The second kappa shape index (κ2) is 5.63. The van der Waals surface area contributed by atoms with Crippen LogP contribution in [-0.4, -0.2) is 14.9 Å². The Balaban J connectivity index is 2.35. The first kappa shape index (κ1) is 13.2. The number of halogens is 2. The summed E-state index contributed by atoms with van der Waals surface area (Å²) in [6, 6.07) is 6.03. The lowest BCUT2D eigenvalue weighted by atomic mass is 10.1. The van der Waals surface area contributed by atoms with E-state index in [-0.39, 0.29) is 5.82 Å². The van der Waals surface area contributed by atoms with Gasteiger partial charge in [-0.25, -0.2) is 4.39 Å². The van der Waals surface area contributed by atoms with E-state index >= 15 is 0 Å². The van der Waals surface area contributed by atoms with Crippen LogP contribution in [0.1, 0.15) is 30.7 Å². The highest BCUT2D eigenvalue weighted by Crippen LogP contribution is 2.29. The van der Waals surface area contributed by atoms with Crippen molar-refractivity contribution >= 4 is 15.9 Å². The fraction of sp³-hybridized carbons (Fsp3) is 0.308. The summed E-state index contributed by atoms with van der Waals surface area (Å²) in [6.07, 6.45) is 1.78. The van der Waals surface area contributed by atoms with Crippen LogP contribution in [0.25, 0.3) is 0 Å². The van der Waals surface area contributed by atoms with Crippen LogP contribution in [0.5, 0.6) is 0 Å². The molecule has 1 aromatic carbocycles. The number of aliphatic hydroxyl groups is 1. The van der Waals surface area contributed by atoms with Crippen LogP contribution in [-0.2, 0) is 6.54 Å². The largest absolute Gasteiger partial charge is 0.382 e. The first-order chi connectivity index (χ1) is 8.63. The lowest BCUT2D eigenvalue weighted by Gasteiger charge is -2.14. The SMILES string of the molecule is CCCn1nccc1C(O)c1ccc(F)cc1Br. The first-order valence-corrected chi connectivity index (χ1v) is 6.57. The molecule has 0 amide bonds. The van der Waals surface area contributed by atoms with Crippen molar-refractivity contribution < 1.29 is 9.50 Å². The lowest BCUT2D eigenvalue weighted by molar-refractivity contribution is 0.206. The molecule has 0 radical (unpaired) electrons. The van der Waals surface area contributed by atoms with Crippen LogP contribution in [0.15, 0.2) is 34.9 Å². The van der Waals surface area contributed by atoms with Gasteiger partial charge in [-0.15, -0.1) is 0 Å². The molecule has 0 aliphatic carbocycles. The van der Waals surface area contributed by atoms with Crippen molar-refractivity contribution in [2.45, 2.75) is 26.0 Å². The van der Waals surface area contributed by atoms with Crippen molar-refractivity contribution in [3.05, 3.63) is 52.0 Å². The average molecular weight is 313 g/mol. The van der Waals surface area contributed by atoms with Crippen molar-refractivity contribution in [3.63, 3.8) is 0 Å². The van der Waals surface area contributed by atoms with E-state index < -0.39 is 6.10 Å². The predicted molar refractivity (Wildman–Crippen MR) is 70.7 cm³/mol. The third-order valence-corrected chi connectivity index (χ3v) is 3.41. The van der Waals surface area contributed by atoms with Crippen LogP contribution in [0, 0.1) is 5.82 Å². The summed E-state index contributed by atoms with van der Waals surface area (Å²) < 4.78 is 15.3. The molecule has 0 bridgehead atoms. The van der Waals surface area contributed by atoms with Crippen LogP contribution < -0.4 is 0 Å². The van der Waals surface area contributed by atoms with Gasteiger partial charge in [0.2, 0.25) is 0 Å². The van der Waals surface area contributed by atoms with Gasteiger partial charge in [0.25, 0.3) is 0 Å². The van der Waals surface area contributed by atoms with Crippen molar-refractivity contribution in [3.8, 4) is 0 Å². The quantitative estimate of drug-likeness (QED) is 0.941. The minimum atomic E-state index is -0.811. The molecule has 1 heterocycles. The number of benzene rings is 1. The number of hydrogen-bond donors (Lipinski definition) is 1. The van der Waals surface area contributed by atoms with Crippen molar-refractivity contribution in [1.29, 1.82) is 0 Å². The van der Waals surface area contributed by atoms with Gasteiger partial charge in [0.1, 0.15) is 11.9 Å². The van der Waals surface area contributed by atoms with Gasteiger partial charge < -0.3 is 5.11 Å². The molecule has 0 spiro atoms. The molecule has 0 aliphatic rings. The molecule has 2 rings (SSSR count). The number of aryl methyl sites for hydroxylation is 1. The summed E-state index contributed by atoms with van der Waals surface area (Å²) >= 11 is 3.27. The smallest absolute Gasteiger partial charge is 0.124 e. The average Bonchev–Trinajstić information content (AvgIpc) is 2.77. The Morgan fingerprint density at radius 1 is 1.44 bits per heavy atom. The Bertz CT molecular complexity index is 542. The molecule has 96 valence electrons.